The molecule has 0 unspecified atom stereocenters. The standard InChI is InChI=1S/C23H34N2Si/c1-17(2)26(18(3)4,19(5)6)16-10-11-20-13-14-22(25(7)8)21-12-9-15-24-23(20)21/h9,12-15,17-19H,11H2,1-8H3. The molecule has 0 atom stereocenters. The van der Waals surface area contributed by atoms with Crippen molar-refractivity contribution in [3.8, 4) is 11.5 Å². The number of pyridine rings is 1. The lowest BCUT2D eigenvalue weighted by molar-refractivity contribution is 0.838. The van der Waals surface area contributed by atoms with Gasteiger partial charge in [-0.05, 0) is 40.4 Å². The molecule has 0 saturated heterocycles. The van der Waals surface area contributed by atoms with Crippen LogP contribution in [-0.4, -0.2) is 27.2 Å². The number of nitrogens with zero attached hydrogens (tertiary/aromatic N) is 2. The molecule has 0 aliphatic heterocycles. The van der Waals surface area contributed by atoms with Crippen LogP contribution in [0.15, 0.2) is 30.5 Å². The number of hydrogen-bond donors (Lipinski definition) is 0. The van der Waals surface area contributed by atoms with Crippen LogP contribution in [0.5, 0.6) is 0 Å². The van der Waals surface area contributed by atoms with Gasteiger partial charge in [0.15, 0.2) is 0 Å². The van der Waals surface area contributed by atoms with Gasteiger partial charge < -0.3 is 4.90 Å². The van der Waals surface area contributed by atoms with E-state index in [1.807, 2.05) is 12.3 Å². The Labute approximate surface area is 161 Å². The smallest absolute Gasteiger partial charge is 0.145 e. The zero-order valence-corrected chi connectivity index (χ0v) is 18.7. The Morgan fingerprint density at radius 3 is 2.12 bits per heavy atom. The number of benzene rings is 1. The lowest BCUT2D eigenvalue weighted by Crippen LogP contribution is -2.43. The molecule has 3 heteroatoms. The Morgan fingerprint density at radius 1 is 0.962 bits per heavy atom. The van der Waals surface area contributed by atoms with Crippen LogP contribution >= 0.6 is 0 Å². The van der Waals surface area contributed by atoms with Crippen LogP contribution < -0.4 is 4.90 Å². The monoisotopic (exact) mass is 366 g/mol. The first-order chi connectivity index (χ1) is 12.2. The third-order valence-corrected chi connectivity index (χ3v) is 12.1. The number of hydrogen-bond acceptors (Lipinski definition) is 2. The van der Waals surface area contributed by atoms with Gasteiger partial charge >= 0.3 is 0 Å². The fourth-order valence-electron chi connectivity index (χ4n) is 4.47. The molecule has 2 rings (SSSR count). The highest BCUT2D eigenvalue weighted by atomic mass is 28.3. The summed E-state index contributed by atoms with van der Waals surface area (Å²) >= 11 is 0. The molecule has 0 aliphatic rings. The summed E-state index contributed by atoms with van der Waals surface area (Å²) in [7, 11) is 2.49. The van der Waals surface area contributed by atoms with Gasteiger partial charge in [-0.3, -0.25) is 4.98 Å². The molecule has 0 aliphatic carbocycles. The van der Waals surface area contributed by atoms with Crippen molar-refractivity contribution < 1.29 is 0 Å². The summed E-state index contributed by atoms with van der Waals surface area (Å²) in [6, 6.07) is 8.56. The molecule has 1 heterocycles. The molecule has 0 N–H and O–H groups in total. The zero-order chi connectivity index (χ0) is 19.5. The van der Waals surface area contributed by atoms with E-state index in [-0.39, 0.29) is 0 Å². The van der Waals surface area contributed by atoms with E-state index in [9.17, 15) is 0 Å². The Hall–Kier alpha value is -1.79. The van der Waals surface area contributed by atoms with E-state index in [1.54, 1.807) is 0 Å². The predicted molar refractivity (Wildman–Crippen MR) is 119 cm³/mol. The molecular formula is C23H34N2Si. The van der Waals surface area contributed by atoms with Gasteiger partial charge in [0.2, 0.25) is 0 Å². The number of anilines is 1. The van der Waals surface area contributed by atoms with E-state index < -0.39 is 8.07 Å². The first kappa shape index (κ1) is 20.5. The molecule has 0 saturated carbocycles. The maximum absolute atomic E-state index is 4.66. The first-order valence-corrected chi connectivity index (χ1v) is 12.0. The third kappa shape index (κ3) is 3.81. The van der Waals surface area contributed by atoms with E-state index in [2.05, 4.69) is 95.2 Å². The van der Waals surface area contributed by atoms with Gasteiger partial charge in [-0.25, -0.2) is 0 Å². The Bertz CT molecular complexity index is 788. The molecule has 1 aromatic heterocycles. The van der Waals surface area contributed by atoms with E-state index >= 15 is 0 Å². The van der Waals surface area contributed by atoms with Crippen molar-refractivity contribution in [2.75, 3.05) is 19.0 Å². The van der Waals surface area contributed by atoms with Crippen LogP contribution in [0.4, 0.5) is 5.69 Å². The number of rotatable bonds is 5. The van der Waals surface area contributed by atoms with Gasteiger partial charge in [-0.2, -0.15) is 0 Å². The molecule has 2 nitrogen and oxygen atoms in total. The molecule has 0 fully saturated rings. The average Bonchev–Trinajstić information content (AvgIpc) is 2.57. The van der Waals surface area contributed by atoms with E-state index in [1.165, 1.54) is 16.6 Å². The highest BCUT2D eigenvalue weighted by Gasteiger charge is 2.41. The maximum atomic E-state index is 4.66. The molecule has 1 aromatic carbocycles. The van der Waals surface area contributed by atoms with Crippen molar-refractivity contribution in [1.29, 1.82) is 0 Å². The highest BCUT2D eigenvalue weighted by molar-refractivity contribution is 6.90. The molecule has 0 spiro atoms. The second-order valence-corrected chi connectivity index (χ2v) is 14.0. The van der Waals surface area contributed by atoms with E-state index in [0.717, 1.165) is 11.9 Å². The van der Waals surface area contributed by atoms with Crippen molar-refractivity contribution in [2.45, 2.75) is 64.6 Å². The van der Waals surface area contributed by atoms with Crippen LogP contribution in [0.25, 0.3) is 10.9 Å². The first-order valence-electron chi connectivity index (χ1n) is 9.75. The maximum Gasteiger partial charge on any atom is 0.145 e. The minimum atomic E-state index is -1.67. The van der Waals surface area contributed by atoms with Gasteiger partial charge in [-0.15, -0.1) is 11.5 Å². The van der Waals surface area contributed by atoms with Crippen molar-refractivity contribution in [1.82, 2.24) is 4.98 Å². The molecule has 140 valence electrons. The van der Waals surface area contributed by atoms with Crippen LogP contribution in [0.2, 0.25) is 16.6 Å². The number of aromatic nitrogens is 1. The van der Waals surface area contributed by atoms with E-state index in [0.29, 0.717) is 16.6 Å². The minimum Gasteiger partial charge on any atom is -0.377 e. The zero-order valence-electron chi connectivity index (χ0n) is 17.7. The summed E-state index contributed by atoms with van der Waals surface area (Å²) in [5.41, 5.74) is 9.36. The Balaban J connectivity index is 2.45. The van der Waals surface area contributed by atoms with Gasteiger partial charge in [0.1, 0.15) is 8.07 Å². The molecule has 0 bridgehead atoms. The molecular weight excluding hydrogens is 332 g/mol. The summed E-state index contributed by atoms with van der Waals surface area (Å²) in [4.78, 5) is 6.81. The minimum absolute atomic E-state index is 0.668. The summed E-state index contributed by atoms with van der Waals surface area (Å²) < 4.78 is 0. The number of fused-ring (bicyclic) bond motifs is 1. The van der Waals surface area contributed by atoms with Crippen LogP contribution in [0, 0.1) is 11.5 Å². The summed E-state index contributed by atoms with van der Waals surface area (Å²) in [5.74, 6) is 3.59. The molecule has 2 aromatic rings. The normalized spacial score (nSPS) is 12.0. The van der Waals surface area contributed by atoms with Crippen LogP contribution in [-0.2, 0) is 6.42 Å². The quantitative estimate of drug-likeness (QED) is 0.472. The fourth-order valence-corrected chi connectivity index (χ4v) is 9.73. The lowest BCUT2D eigenvalue weighted by atomic mass is 10.1. The molecule has 0 amide bonds. The predicted octanol–water partition coefficient (Wildman–Crippen LogP) is 6.06. The molecule has 26 heavy (non-hydrogen) atoms. The Kier molecular flexibility index (Phi) is 6.52. The van der Waals surface area contributed by atoms with Crippen LogP contribution in [0.1, 0.15) is 47.1 Å². The highest BCUT2D eigenvalue weighted by Crippen LogP contribution is 2.40. The van der Waals surface area contributed by atoms with Crippen LogP contribution in [0.3, 0.4) is 0 Å². The summed E-state index contributed by atoms with van der Waals surface area (Å²) in [6.45, 7) is 14.2. The van der Waals surface area contributed by atoms with Crippen molar-refractivity contribution in [2.24, 2.45) is 0 Å². The van der Waals surface area contributed by atoms with Gasteiger partial charge in [-0.1, -0.05) is 47.6 Å². The van der Waals surface area contributed by atoms with Gasteiger partial charge in [0.25, 0.3) is 0 Å². The SMILES string of the molecule is CC(C)[Si](C#CCc1ccc(N(C)C)c2cccnc12)(C(C)C)C(C)C. The summed E-state index contributed by atoms with van der Waals surface area (Å²) in [6.07, 6.45) is 2.66. The molecule has 0 radical (unpaired) electrons. The van der Waals surface area contributed by atoms with Gasteiger partial charge in [0.05, 0.1) is 5.52 Å². The summed E-state index contributed by atoms with van der Waals surface area (Å²) in [5, 5.41) is 1.21. The van der Waals surface area contributed by atoms with E-state index in [4.69, 9.17) is 0 Å². The van der Waals surface area contributed by atoms with Crippen molar-refractivity contribution >= 4 is 24.7 Å². The Morgan fingerprint density at radius 2 is 1.58 bits per heavy atom. The second kappa shape index (κ2) is 8.27. The van der Waals surface area contributed by atoms with Crippen molar-refractivity contribution in [3.05, 3.63) is 36.0 Å². The fraction of sp³-hybridized carbons (Fsp3) is 0.522. The lowest BCUT2D eigenvalue weighted by Gasteiger charge is -2.38. The van der Waals surface area contributed by atoms with Crippen molar-refractivity contribution in [3.63, 3.8) is 0 Å². The third-order valence-electron chi connectivity index (χ3n) is 5.76. The largest absolute Gasteiger partial charge is 0.377 e. The van der Waals surface area contributed by atoms with Gasteiger partial charge in [0, 0.05) is 37.8 Å². The topological polar surface area (TPSA) is 16.1 Å². The average molecular weight is 367 g/mol. The second-order valence-electron chi connectivity index (χ2n) is 8.41.